The van der Waals surface area contributed by atoms with E-state index in [1.165, 1.54) is 7.11 Å². The SMILES string of the molecule is COc1n[nH]c(NC(=O)c2ccccc2Cl)n1. The number of H-pyrrole nitrogens is 1. The van der Waals surface area contributed by atoms with Crippen LogP contribution in [0, 0.1) is 0 Å². The predicted octanol–water partition coefficient (Wildman–Crippen LogP) is 1.72. The van der Waals surface area contributed by atoms with Crippen molar-refractivity contribution in [1.82, 2.24) is 15.2 Å². The molecule has 1 amide bonds. The van der Waals surface area contributed by atoms with E-state index < -0.39 is 0 Å². The van der Waals surface area contributed by atoms with Crippen LogP contribution in [0.1, 0.15) is 10.4 Å². The number of rotatable bonds is 3. The molecule has 17 heavy (non-hydrogen) atoms. The number of nitrogens with one attached hydrogen (secondary N) is 2. The standard InChI is InChI=1S/C10H9ClN4O2/c1-17-10-13-9(14-15-10)12-8(16)6-4-2-3-5-7(6)11/h2-5H,1H3,(H2,12,13,14,15,16). The maximum absolute atomic E-state index is 11.8. The van der Waals surface area contributed by atoms with E-state index in [0.29, 0.717) is 10.6 Å². The van der Waals surface area contributed by atoms with Crippen molar-refractivity contribution >= 4 is 23.5 Å². The molecule has 7 heteroatoms. The smallest absolute Gasteiger partial charge is 0.336 e. The van der Waals surface area contributed by atoms with Gasteiger partial charge in [0.25, 0.3) is 5.91 Å². The number of carbonyl (C=O) groups excluding carboxylic acids is 1. The van der Waals surface area contributed by atoms with Crippen molar-refractivity contribution in [3.8, 4) is 6.01 Å². The molecule has 2 rings (SSSR count). The summed E-state index contributed by atoms with van der Waals surface area (Å²) in [6.07, 6.45) is 0. The highest BCUT2D eigenvalue weighted by Crippen LogP contribution is 2.16. The molecule has 0 atom stereocenters. The average Bonchev–Trinajstić information content (AvgIpc) is 2.77. The van der Waals surface area contributed by atoms with Crippen LogP contribution in [0.25, 0.3) is 0 Å². The van der Waals surface area contributed by atoms with Gasteiger partial charge in [-0.1, -0.05) is 23.7 Å². The van der Waals surface area contributed by atoms with E-state index in [-0.39, 0.29) is 17.9 Å². The van der Waals surface area contributed by atoms with E-state index in [0.717, 1.165) is 0 Å². The number of methoxy groups -OCH3 is 1. The lowest BCUT2D eigenvalue weighted by Crippen LogP contribution is -2.13. The lowest BCUT2D eigenvalue weighted by molar-refractivity contribution is 0.102. The fourth-order valence-electron chi connectivity index (χ4n) is 1.21. The van der Waals surface area contributed by atoms with Gasteiger partial charge in [0.2, 0.25) is 5.95 Å². The van der Waals surface area contributed by atoms with Crippen molar-refractivity contribution in [3.63, 3.8) is 0 Å². The van der Waals surface area contributed by atoms with Crippen LogP contribution in [-0.2, 0) is 0 Å². The third-order valence-corrected chi connectivity index (χ3v) is 2.33. The summed E-state index contributed by atoms with van der Waals surface area (Å²) >= 11 is 5.89. The summed E-state index contributed by atoms with van der Waals surface area (Å²) < 4.78 is 4.78. The van der Waals surface area contributed by atoms with E-state index in [4.69, 9.17) is 16.3 Å². The van der Waals surface area contributed by atoms with Crippen molar-refractivity contribution in [1.29, 1.82) is 0 Å². The number of anilines is 1. The van der Waals surface area contributed by atoms with Crippen molar-refractivity contribution in [2.24, 2.45) is 0 Å². The third kappa shape index (κ3) is 2.54. The molecule has 0 aliphatic heterocycles. The lowest BCUT2D eigenvalue weighted by atomic mass is 10.2. The van der Waals surface area contributed by atoms with E-state index in [2.05, 4.69) is 20.5 Å². The first-order valence-corrected chi connectivity index (χ1v) is 5.11. The third-order valence-electron chi connectivity index (χ3n) is 2.00. The molecule has 2 aromatic rings. The second-order valence-electron chi connectivity index (χ2n) is 3.10. The van der Waals surface area contributed by atoms with Gasteiger partial charge in [0.05, 0.1) is 17.7 Å². The summed E-state index contributed by atoms with van der Waals surface area (Å²) in [4.78, 5) is 15.7. The van der Waals surface area contributed by atoms with Gasteiger partial charge in [0, 0.05) is 0 Å². The normalized spacial score (nSPS) is 10.0. The van der Waals surface area contributed by atoms with Crippen LogP contribution < -0.4 is 10.1 Å². The van der Waals surface area contributed by atoms with Gasteiger partial charge in [-0.2, -0.15) is 4.98 Å². The summed E-state index contributed by atoms with van der Waals surface area (Å²) in [6.45, 7) is 0. The number of nitrogens with zero attached hydrogens (tertiary/aromatic N) is 2. The molecule has 0 unspecified atom stereocenters. The maximum atomic E-state index is 11.8. The molecule has 0 aliphatic carbocycles. The number of benzene rings is 1. The van der Waals surface area contributed by atoms with Gasteiger partial charge in [-0.05, 0) is 12.1 Å². The molecule has 0 fully saturated rings. The Labute approximate surface area is 102 Å². The molecule has 1 aromatic carbocycles. The second-order valence-corrected chi connectivity index (χ2v) is 3.51. The number of amides is 1. The summed E-state index contributed by atoms with van der Waals surface area (Å²) in [6, 6.07) is 6.88. The first kappa shape index (κ1) is 11.4. The van der Waals surface area contributed by atoms with Crippen molar-refractivity contribution in [2.45, 2.75) is 0 Å². The highest BCUT2D eigenvalue weighted by molar-refractivity contribution is 6.34. The molecule has 0 saturated heterocycles. The van der Waals surface area contributed by atoms with Crippen LogP contribution in [0.4, 0.5) is 5.95 Å². The Morgan fingerprint density at radius 1 is 1.47 bits per heavy atom. The number of aromatic amines is 1. The highest BCUT2D eigenvalue weighted by atomic mass is 35.5. The second kappa shape index (κ2) is 4.84. The van der Waals surface area contributed by atoms with Crippen LogP contribution >= 0.6 is 11.6 Å². The maximum Gasteiger partial charge on any atom is 0.336 e. The molecule has 0 radical (unpaired) electrons. The van der Waals surface area contributed by atoms with E-state index in [9.17, 15) is 4.79 Å². The molecule has 1 aromatic heterocycles. The van der Waals surface area contributed by atoms with E-state index in [1.807, 2.05) is 0 Å². The summed E-state index contributed by atoms with van der Waals surface area (Å²) in [5, 5.41) is 9.11. The zero-order chi connectivity index (χ0) is 12.3. The quantitative estimate of drug-likeness (QED) is 0.872. The highest BCUT2D eigenvalue weighted by Gasteiger charge is 2.12. The van der Waals surface area contributed by atoms with Gasteiger partial charge in [-0.3, -0.25) is 10.1 Å². The van der Waals surface area contributed by atoms with Crippen LogP contribution in [0.5, 0.6) is 6.01 Å². The molecule has 2 N–H and O–H groups in total. The molecule has 0 spiro atoms. The summed E-state index contributed by atoms with van der Waals surface area (Å²) in [5.74, 6) is -0.166. The Kier molecular flexibility index (Phi) is 3.24. The van der Waals surface area contributed by atoms with Gasteiger partial charge in [0.15, 0.2) is 0 Å². The zero-order valence-corrected chi connectivity index (χ0v) is 9.65. The number of ether oxygens (including phenoxy) is 1. The van der Waals surface area contributed by atoms with Crippen LogP contribution in [0.15, 0.2) is 24.3 Å². The van der Waals surface area contributed by atoms with Crippen molar-refractivity contribution < 1.29 is 9.53 Å². The number of halogens is 1. The van der Waals surface area contributed by atoms with Gasteiger partial charge >= 0.3 is 6.01 Å². The minimum atomic E-state index is -0.366. The van der Waals surface area contributed by atoms with E-state index in [1.54, 1.807) is 24.3 Å². The Morgan fingerprint density at radius 2 is 2.24 bits per heavy atom. The number of aromatic nitrogens is 3. The number of carbonyl (C=O) groups is 1. The Hall–Kier alpha value is -2.08. The van der Waals surface area contributed by atoms with Crippen LogP contribution in [0.2, 0.25) is 5.02 Å². The van der Waals surface area contributed by atoms with Gasteiger partial charge in [-0.15, -0.1) is 5.10 Å². The molecule has 0 saturated carbocycles. The fourth-order valence-corrected chi connectivity index (χ4v) is 1.44. The Bertz CT molecular complexity index is 541. The number of hydrogen-bond acceptors (Lipinski definition) is 4. The predicted molar refractivity (Wildman–Crippen MR) is 62.3 cm³/mol. The molecular formula is C10H9ClN4O2. The Balaban J connectivity index is 2.14. The van der Waals surface area contributed by atoms with E-state index >= 15 is 0 Å². The lowest BCUT2D eigenvalue weighted by Gasteiger charge is -2.02. The minimum Gasteiger partial charge on any atom is -0.466 e. The zero-order valence-electron chi connectivity index (χ0n) is 8.90. The van der Waals surface area contributed by atoms with Crippen molar-refractivity contribution in [3.05, 3.63) is 34.9 Å². The molecule has 6 nitrogen and oxygen atoms in total. The van der Waals surface area contributed by atoms with Gasteiger partial charge < -0.3 is 4.74 Å². The monoisotopic (exact) mass is 252 g/mol. The topological polar surface area (TPSA) is 79.9 Å². The van der Waals surface area contributed by atoms with Crippen LogP contribution in [0.3, 0.4) is 0 Å². The number of hydrogen-bond donors (Lipinski definition) is 2. The minimum absolute atomic E-state index is 0.152. The fraction of sp³-hybridized carbons (Fsp3) is 0.100. The average molecular weight is 253 g/mol. The van der Waals surface area contributed by atoms with Crippen LogP contribution in [-0.4, -0.2) is 28.2 Å². The Morgan fingerprint density at radius 3 is 2.88 bits per heavy atom. The molecule has 0 bridgehead atoms. The summed E-state index contributed by atoms with van der Waals surface area (Å²) in [5.41, 5.74) is 0.365. The molecule has 88 valence electrons. The first-order valence-electron chi connectivity index (χ1n) is 4.73. The van der Waals surface area contributed by atoms with Gasteiger partial charge in [0.1, 0.15) is 0 Å². The summed E-state index contributed by atoms with van der Waals surface area (Å²) in [7, 11) is 1.43. The first-order chi connectivity index (χ1) is 8.20. The van der Waals surface area contributed by atoms with Crippen molar-refractivity contribution in [2.75, 3.05) is 12.4 Å². The molecule has 1 heterocycles. The molecular weight excluding hydrogens is 244 g/mol. The molecule has 0 aliphatic rings. The van der Waals surface area contributed by atoms with Gasteiger partial charge in [-0.25, -0.2) is 5.10 Å². The largest absolute Gasteiger partial charge is 0.466 e.